The monoisotopic (exact) mass is 508 g/mol. The van der Waals surface area contributed by atoms with Crippen LogP contribution in [0.5, 0.6) is 0 Å². The van der Waals surface area contributed by atoms with Crippen molar-refractivity contribution in [3.63, 3.8) is 0 Å². The molecule has 0 atom stereocenters. The van der Waals surface area contributed by atoms with Gasteiger partial charge in [-0.1, -0.05) is 11.4 Å². The second-order valence-electron chi connectivity index (χ2n) is 5.30. The van der Waals surface area contributed by atoms with Crippen LogP contribution in [0.25, 0.3) is 11.4 Å². The summed E-state index contributed by atoms with van der Waals surface area (Å²) in [5.41, 5.74) is 3.67. The average molecular weight is 508 g/mol. The van der Waals surface area contributed by atoms with E-state index < -0.39 is 0 Å². The molecule has 0 radical (unpaired) electrons. The van der Waals surface area contributed by atoms with Crippen LogP contribution in [-0.2, 0) is 21.1 Å². The van der Waals surface area contributed by atoms with Gasteiger partial charge in [0, 0.05) is 31.8 Å². The van der Waals surface area contributed by atoms with Gasteiger partial charge in [0.05, 0.1) is 0 Å². The summed E-state index contributed by atoms with van der Waals surface area (Å²) in [6, 6.07) is 22.5. The van der Waals surface area contributed by atoms with Gasteiger partial charge in [0.2, 0.25) is 0 Å². The summed E-state index contributed by atoms with van der Waals surface area (Å²) < 4.78 is 3.59. The van der Waals surface area contributed by atoms with Gasteiger partial charge in [-0.3, -0.25) is 9.36 Å². The van der Waals surface area contributed by atoms with E-state index in [4.69, 9.17) is 0 Å². The summed E-state index contributed by atoms with van der Waals surface area (Å²) in [4.78, 5) is 2.04. The molecule has 0 fully saturated rings. The second-order valence-corrected chi connectivity index (χ2v) is 5.30. The van der Waals surface area contributed by atoms with Gasteiger partial charge in [-0.05, 0) is 23.5 Å². The minimum absolute atomic E-state index is 0. The van der Waals surface area contributed by atoms with Crippen molar-refractivity contribution in [2.45, 2.75) is 0 Å². The molecule has 0 spiro atoms. The van der Waals surface area contributed by atoms with Crippen molar-refractivity contribution >= 4 is 11.4 Å². The van der Waals surface area contributed by atoms with Crippen LogP contribution < -0.4 is 4.90 Å². The predicted molar refractivity (Wildman–Crippen MR) is 92.9 cm³/mol. The van der Waals surface area contributed by atoms with Crippen LogP contribution in [-0.4, -0.2) is 26.6 Å². The summed E-state index contributed by atoms with van der Waals surface area (Å²) in [6.07, 6.45) is 7.32. The van der Waals surface area contributed by atoms with Crippen molar-refractivity contribution in [3.05, 3.63) is 85.5 Å². The van der Waals surface area contributed by atoms with Crippen molar-refractivity contribution in [1.29, 1.82) is 0 Å². The van der Waals surface area contributed by atoms with Crippen LogP contribution in [0.2, 0.25) is 0 Å². The molecule has 0 unspecified atom stereocenters. The maximum Gasteiger partial charge on any atom is 2.00 e. The van der Waals surface area contributed by atoms with Crippen molar-refractivity contribution in [3.8, 4) is 11.4 Å². The van der Waals surface area contributed by atoms with Crippen LogP contribution in [0.3, 0.4) is 0 Å². The van der Waals surface area contributed by atoms with Crippen LogP contribution in [0.1, 0.15) is 0 Å². The topological polar surface area (TPSA) is 38.9 Å². The first-order chi connectivity index (χ1) is 11.8. The number of hydrogen-bond donors (Lipinski definition) is 0. The normalized spacial score (nSPS) is 10.3. The molecule has 2 aromatic heterocycles. The second kappa shape index (κ2) is 7.49. The Labute approximate surface area is 160 Å². The molecule has 4 rings (SSSR count). The number of hydrogen-bond acceptors (Lipinski definition) is 3. The molecule has 0 aliphatic carbocycles. The van der Waals surface area contributed by atoms with E-state index in [0.29, 0.717) is 0 Å². The average Bonchev–Trinajstić information content (AvgIpc) is 3.35. The predicted octanol–water partition coefficient (Wildman–Crippen LogP) is 3.42. The Bertz CT molecular complexity index is 854. The fourth-order valence-electron chi connectivity index (χ4n) is 2.50. The van der Waals surface area contributed by atoms with Gasteiger partial charge in [0.25, 0.3) is 0 Å². The number of nitrogens with zero attached hydrogens (tertiary/aromatic N) is 5. The van der Waals surface area contributed by atoms with Gasteiger partial charge in [-0.25, -0.2) is 0 Å². The van der Waals surface area contributed by atoms with Crippen molar-refractivity contribution in [2.24, 2.45) is 0 Å². The van der Waals surface area contributed by atoms with E-state index in [9.17, 15) is 0 Å². The standard InChI is InChI=1S/C19H15N5.Pt/c1-22(16-6-2-8-18(14-16)23-12-4-10-20-23)17-7-3-9-19(15-17)24-13-5-11-21-24;/h2-13H,1H3;/q-2;+2. The third-order valence-electron chi connectivity index (χ3n) is 3.75. The van der Waals surface area contributed by atoms with Gasteiger partial charge < -0.3 is 4.90 Å². The van der Waals surface area contributed by atoms with Gasteiger partial charge in [-0.15, -0.1) is 36.4 Å². The number of benzene rings is 2. The van der Waals surface area contributed by atoms with E-state index >= 15 is 0 Å². The van der Waals surface area contributed by atoms with Gasteiger partial charge in [0.1, 0.15) is 0 Å². The van der Waals surface area contributed by atoms with E-state index in [1.807, 2.05) is 72.9 Å². The van der Waals surface area contributed by atoms with Gasteiger partial charge >= 0.3 is 21.1 Å². The Morgan fingerprint density at radius 3 is 1.64 bits per heavy atom. The third-order valence-corrected chi connectivity index (χ3v) is 3.75. The third kappa shape index (κ3) is 3.56. The minimum Gasteiger partial charge on any atom is -0.391 e. The largest absolute Gasteiger partial charge is 2.00 e. The Kier molecular flexibility index (Phi) is 5.15. The molecule has 2 heterocycles. The maximum absolute atomic E-state index is 4.26. The molecular formula is C19H15N5Pt. The van der Waals surface area contributed by atoms with Crippen LogP contribution in [0.15, 0.2) is 73.3 Å². The molecule has 0 saturated carbocycles. The molecule has 25 heavy (non-hydrogen) atoms. The summed E-state index contributed by atoms with van der Waals surface area (Å²) in [7, 11) is 2.00. The zero-order valence-corrected chi connectivity index (χ0v) is 15.8. The summed E-state index contributed by atoms with van der Waals surface area (Å²) >= 11 is 0. The van der Waals surface area contributed by atoms with Crippen molar-refractivity contribution in [1.82, 2.24) is 19.6 Å². The summed E-state index contributed by atoms with van der Waals surface area (Å²) in [6.45, 7) is 0. The smallest absolute Gasteiger partial charge is 0.391 e. The number of aromatic nitrogens is 4. The molecule has 0 aliphatic rings. The van der Waals surface area contributed by atoms with E-state index in [1.165, 1.54) is 0 Å². The van der Waals surface area contributed by atoms with E-state index in [2.05, 4.69) is 22.3 Å². The van der Waals surface area contributed by atoms with Gasteiger partial charge in [0.15, 0.2) is 0 Å². The van der Waals surface area contributed by atoms with Crippen LogP contribution in [0.4, 0.5) is 11.4 Å². The fourth-order valence-corrected chi connectivity index (χ4v) is 2.50. The molecule has 2 aromatic carbocycles. The first-order valence-electron chi connectivity index (χ1n) is 7.60. The summed E-state index contributed by atoms with van der Waals surface area (Å²) in [5.74, 6) is 0. The van der Waals surface area contributed by atoms with Crippen LogP contribution in [0, 0.1) is 12.1 Å². The molecule has 0 aliphatic heterocycles. The molecule has 5 nitrogen and oxygen atoms in total. The molecule has 0 N–H and O–H groups in total. The quantitative estimate of drug-likeness (QED) is 0.397. The molecule has 0 amide bonds. The summed E-state index contributed by atoms with van der Waals surface area (Å²) in [5, 5.41) is 8.51. The molecule has 0 saturated heterocycles. The first kappa shape index (κ1) is 17.2. The zero-order valence-electron chi connectivity index (χ0n) is 13.5. The molecule has 0 bridgehead atoms. The van der Waals surface area contributed by atoms with Crippen LogP contribution >= 0.6 is 0 Å². The SMILES string of the molecule is CN(c1[c-]c(-n2cccn2)ccc1)c1[c-]c(-n2cccn2)ccc1.[Pt+2]. The molecule has 6 heteroatoms. The first-order valence-corrected chi connectivity index (χ1v) is 7.60. The number of rotatable bonds is 4. The maximum atomic E-state index is 4.26. The van der Waals surface area contributed by atoms with E-state index in [0.717, 1.165) is 22.7 Å². The Balaban J connectivity index is 0.00000182. The Hall–Kier alpha value is -2.65. The fraction of sp³-hybridized carbons (Fsp3) is 0.0526. The van der Waals surface area contributed by atoms with Crippen molar-refractivity contribution in [2.75, 3.05) is 11.9 Å². The molecule has 4 aromatic rings. The zero-order chi connectivity index (χ0) is 16.4. The van der Waals surface area contributed by atoms with Crippen molar-refractivity contribution < 1.29 is 21.1 Å². The van der Waals surface area contributed by atoms with E-state index in [1.54, 1.807) is 21.8 Å². The Morgan fingerprint density at radius 1 is 0.760 bits per heavy atom. The minimum atomic E-state index is 0. The van der Waals surface area contributed by atoms with Gasteiger partial charge in [-0.2, -0.15) is 22.3 Å². The molecular weight excluding hydrogens is 493 g/mol. The Morgan fingerprint density at radius 2 is 1.24 bits per heavy atom. The van der Waals surface area contributed by atoms with E-state index in [-0.39, 0.29) is 21.1 Å². The number of anilines is 2. The molecule has 126 valence electrons.